The molecule has 0 bridgehead atoms. The summed E-state index contributed by atoms with van der Waals surface area (Å²) in [5.41, 5.74) is 0. The van der Waals surface area contributed by atoms with E-state index in [4.69, 9.17) is 17.5 Å². The molecule has 0 unspecified atom stereocenters. The first-order valence-corrected chi connectivity index (χ1v) is 29.6. The van der Waals surface area contributed by atoms with Crippen LogP contribution in [0.3, 0.4) is 0 Å². The highest BCUT2D eigenvalue weighted by atomic mass is 32.3. The van der Waals surface area contributed by atoms with Gasteiger partial charge in [0.25, 0.3) is 0 Å². The molecule has 0 fully saturated rings. The third kappa shape index (κ3) is 67.1. The molecule has 0 aromatic rings. The van der Waals surface area contributed by atoms with E-state index < -0.39 is 10.4 Å². The van der Waals surface area contributed by atoms with E-state index in [9.17, 15) is 9.59 Å². The summed E-state index contributed by atoms with van der Waals surface area (Å²) in [7, 11) is -4.67. The largest absolute Gasteiger partial charge is 0.394 e. The van der Waals surface area contributed by atoms with Crippen molar-refractivity contribution in [3.63, 3.8) is 0 Å². The van der Waals surface area contributed by atoms with Gasteiger partial charge in [0, 0.05) is 25.9 Å². The Kier molecular flexibility index (Phi) is 59.7. The molecule has 0 atom stereocenters. The zero-order valence-electron chi connectivity index (χ0n) is 44.4. The molecule has 0 aromatic heterocycles. The summed E-state index contributed by atoms with van der Waals surface area (Å²) in [6.07, 6.45) is 49.4. The van der Waals surface area contributed by atoms with Gasteiger partial charge in [-0.15, -0.1) is 0 Å². The maximum absolute atomic E-state index is 12.0. The minimum Gasteiger partial charge on any atom is -0.356 e. The van der Waals surface area contributed by atoms with Crippen molar-refractivity contribution >= 4 is 22.2 Å². The Morgan fingerprint density at radius 1 is 0.338 bits per heavy atom. The zero-order chi connectivity index (χ0) is 48.8. The fraction of sp³-hybridized carbons (Fsp3) is 0.963. The quantitative estimate of drug-likeness (QED) is 0.0349. The molecule has 0 saturated heterocycles. The molecule has 65 heavy (non-hydrogen) atoms. The molecular formula is C54H114N4O6S. The lowest BCUT2D eigenvalue weighted by atomic mass is 10.0. The van der Waals surface area contributed by atoms with Crippen LogP contribution in [0.5, 0.6) is 0 Å². The van der Waals surface area contributed by atoms with Crippen LogP contribution < -0.4 is 10.6 Å². The van der Waals surface area contributed by atoms with E-state index in [1.807, 2.05) is 0 Å². The second kappa shape index (κ2) is 57.1. The predicted octanol–water partition coefficient (Wildman–Crippen LogP) is 15.1. The second-order valence-corrected chi connectivity index (χ2v) is 19.7. The number of amides is 2. The highest BCUT2D eigenvalue weighted by Gasteiger charge is 2.06. The lowest BCUT2D eigenvalue weighted by Crippen LogP contribution is -2.30. The third-order valence-corrected chi connectivity index (χ3v) is 12.5. The van der Waals surface area contributed by atoms with Crippen molar-refractivity contribution in [1.82, 2.24) is 20.4 Å². The van der Waals surface area contributed by atoms with Crippen molar-refractivity contribution in [3.8, 4) is 0 Å². The number of hydrogen-bond donors (Lipinski definition) is 4. The van der Waals surface area contributed by atoms with Crippen molar-refractivity contribution in [2.24, 2.45) is 0 Å². The molecular weight excluding hydrogens is 833 g/mol. The van der Waals surface area contributed by atoms with Gasteiger partial charge in [0.05, 0.1) is 0 Å². The summed E-state index contributed by atoms with van der Waals surface area (Å²) >= 11 is 0. The summed E-state index contributed by atoms with van der Waals surface area (Å²) in [6, 6.07) is 0. The van der Waals surface area contributed by atoms with Gasteiger partial charge in [-0.2, -0.15) is 8.42 Å². The van der Waals surface area contributed by atoms with Crippen molar-refractivity contribution in [3.05, 3.63) is 0 Å². The standard InChI is InChI=1S/2C27H56N2O.H2O4S/c2*1-4-7-9-11-12-13-14-15-16-17-18-19-20-23-27(30)28-24-22-26-29(6-3)25-21-10-8-5-2;1-5(2,3)4/h2*4-26H2,1-3H3,(H,28,30);(H2,1,2,3,4). The minimum absolute atomic E-state index is 0.254. The molecule has 11 heteroatoms. The molecule has 2 amide bonds. The number of nitrogens with zero attached hydrogens (tertiary/aromatic N) is 2. The van der Waals surface area contributed by atoms with Crippen LogP contribution in [0, 0.1) is 0 Å². The smallest absolute Gasteiger partial charge is 0.356 e. The Labute approximate surface area is 406 Å². The summed E-state index contributed by atoms with van der Waals surface area (Å²) in [6.45, 7) is 22.1. The highest BCUT2D eigenvalue weighted by molar-refractivity contribution is 7.79. The lowest BCUT2D eigenvalue weighted by Gasteiger charge is -2.20. The topological polar surface area (TPSA) is 139 Å². The molecule has 0 aliphatic rings. The van der Waals surface area contributed by atoms with E-state index in [1.165, 1.54) is 219 Å². The number of carbonyl (C=O) groups is 2. The maximum atomic E-state index is 12.0. The van der Waals surface area contributed by atoms with Crippen molar-refractivity contribution < 1.29 is 27.1 Å². The first-order valence-electron chi connectivity index (χ1n) is 28.2. The van der Waals surface area contributed by atoms with Gasteiger partial charge < -0.3 is 20.4 Å². The molecule has 0 aliphatic heterocycles. The lowest BCUT2D eigenvalue weighted by molar-refractivity contribution is -0.122. The molecule has 0 heterocycles. The Hall–Kier alpha value is -1.27. The first kappa shape index (κ1) is 68.0. The van der Waals surface area contributed by atoms with E-state index in [1.54, 1.807) is 0 Å². The van der Waals surface area contributed by atoms with E-state index >= 15 is 0 Å². The van der Waals surface area contributed by atoms with Crippen LogP contribution in [-0.2, 0) is 20.0 Å². The summed E-state index contributed by atoms with van der Waals surface area (Å²) in [4.78, 5) is 29.0. The van der Waals surface area contributed by atoms with E-state index in [0.717, 1.165) is 65.0 Å². The van der Waals surface area contributed by atoms with Crippen LogP contribution in [0.25, 0.3) is 0 Å². The number of nitrogens with one attached hydrogen (secondary N) is 2. The van der Waals surface area contributed by atoms with E-state index in [0.29, 0.717) is 12.8 Å². The van der Waals surface area contributed by atoms with Crippen LogP contribution >= 0.6 is 0 Å². The van der Waals surface area contributed by atoms with Crippen LogP contribution in [0.4, 0.5) is 0 Å². The molecule has 0 radical (unpaired) electrons. The van der Waals surface area contributed by atoms with Crippen LogP contribution in [0.1, 0.15) is 286 Å². The molecule has 0 spiro atoms. The average Bonchev–Trinajstić information content (AvgIpc) is 3.28. The van der Waals surface area contributed by atoms with Crippen molar-refractivity contribution in [2.45, 2.75) is 286 Å². The summed E-state index contributed by atoms with van der Waals surface area (Å²) in [5, 5.41) is 6.23. The molecule has 0 rings (SSSR count). The van der Waals surface area contributed by atoms with Gasteiger partial charge in [0.2, 0.25) is 11.8 Å². The fourth-order valence-corrected chi connectivity index (χ4v) is 8.22. The third-order valence-electron chi connectivity index (χ3n) is 12.5. The maximum Gasteiger partial charge on any atom is 0.394 e. The zero-order valence-corrected chi connectivity index (χ0v) is 45.2. The van der Waals surface area contributed by atoms with E-state index in [2.05, 4.69) is 62.0 Å². The van der Waals surface area contributed by atoms with E-state index in [-0.39, 0.29) is 11.8 Å². The summed E-state index contributed by atoms with van der Waals surface area (Å²) in [5.74, 6) is 0.508. The predicted molar refractivity (Wildman–Crippen MR) is 283 cm³/mol. The first-order chi connectivity index (χ1) is 31.5. The van der Waals surface area contributed by atoms with Gasteiger partial charge in [-0.1, -0.05) is 234 Å². The molecule has 0 aliphatic carbocycles. The highest BCUT2D eigenvalue weighted by Crippen LogP contribution is 2.14. The minimum atomic E-state index is -4.67. The monoisotopic (exact) mass is 947 g/mol. The van der Waals surface area contributed by atoms with Crippen molar-refractivity contribution in [2.75, 3.05) is 52.4 Å². The summed E-state index contributed by atoms with van der Waals surface area (Å²) < 4.78 is 31.6. The fourth-order valence-electron chi connectivity index (χ4n) is 8.22. The Morgan fingerprint density at radius 3 is 0.769 bits per heavy atom. The average molecular weight is 948 g/mol. The Balaban J connectivity index is -0.00000107. The number of unbranched alkanes of at least 4 members (excludes halogenated alkanes) is 30. The second-order valence-electron chi connectivity index (χ2n) is 18.8. The Bertz CT molecular complexity index is 976. The van der Waals surface area contributed by atoms with Crippen LogP contribution in [0.2, 0.25) is 0 Å². The molecule has 0 saturated carbocycles. The number of rotatable bonds is 48. The SMILES string of the molecule is CCCCCCCCCCCCCCCC(=O)NCCCN(CC)CCCCCC.CCCCCCCCCCCCCCCC(=O)NCCCN(CC)CCCCCC.O=S(=O)(O)O. The molecule has 4 N–H and O–H groups in total. The van der Waals surface area contributed by atoms with Crippen LogP contribution in [-0.4, -0.2) is 91.5 Å². The van der Waals surface area contributed by atoms with Crippen LogP contribution in [0.15, 0.2) is 0 Å². The van der Waals surface area contributed by atoms with Crippen molar-refractivity contribution in [1.29, 1.82) is 0 Å². The number of carbonyl (C=O) groups excluding carboxylic acids is 2. The van der Waals surface area contributed by atoms with Gasteiger partial charge in [0.1, 0.15) is 0 Å². The van der Waals surface area contributed by atoms with Gasteiger partial charge in [-0.05, 0) is 77.8 Å². The molecule has 392 valence electrons. The molecule has 10 nitrogen and oxygen atoms in total. The normalized spacial score (nSPS) is 11.4. The van der Waals surface area contributed by atoms with Gasteiger partial charge in [0.15, 0.2) is 0 Å². The van der Waals surface area contributed by atoms with Gasteiger partial charge in [-0.25, -0.2) is 0 Å². The molecule has 0 aromatic carbocycles. The van der Waals surface area contributed by atoms with Gasteiger partial charge in [-0.3, -0.25) is 18.7 Å². The van der Waals surface area contributed by atoms with Gasteiger partial charge >= 0.3 is 10.4 Å². The Morgan fingerprint density at radius 2 is 0.538 bits per heavy atom. The number of hydrogen-bond acceptors (Lipinski definition) is 6.